The number of carbonyl (C=O) groups is 1. The van der Waals surface area contributed by atoms with Gasteiger partial charge in [-0.05, 0) is 55.5 Å². The van der Waals surface area contributed by atoms with E-state index in [4.69, 9.17) is 0 Å². The molecule has 27 heavy (non-hydrogen) atoms. The molecule has 0 fully saturated rings. The molecule has 0 atom stereocenters. The Balaban J connectivity index is 1.89. The molecule has 1 heterocycles. The first-order chi connectivity index (χ1) is 12.5. The maximum Gasteiger partial charge on any atom is 0.416 e. The summed E-state index contributed by atoms with van der Waals surface area (Å²) in [7, 11) is 0. The van der Waals surface area contributed by atoms with Crippen LogP contribution in [0.1, 0.15) is 50.5 Å². The molecule has 1 amide bonds. The fourth-order valence-electron chi connectivity index (χ4n) is 3.00. The molecule has 1 N–H and O–H groups in total. The van der Waals surface area contributed by atoms with E-state index in [1.54, 1.807) is 6.07 Å². The van der Waals surface area contributed by atoms with E-state index in [-0.39, 0.29) is 10.9 Å². The number of rotatable bonds is 2. The SMILES string of the molecule is O=C(Nc1cc(C(F)(F)F)cc(C(F)(F)F)c1)c1cc2c(s1)CCCCC2. The minimum Gasteiger partial charge on any atom is -0.321 e. The van der Waals surface area contributed by atoms with Gasteiger partial charge in [-0.2, -0.15) is 26.3 Å². The number of hydrogen-bond donors (Lipinski definition) is 1. The van der Waals surface area contributed by atoms with Crippen molar-refractivity contribution < 1.29 is 31.1 Å². The molecule has 0 spiro atoms. The molecule has 0 aliphatic heterocycles. The second kappa shape index (κ2) is 7.18. The van der Waals surface area contributed by atoms with Crippen molar-refractivity contribution in [2.45, 2.75) is 44.5 Å². The van der Waals surface area contributed by atoms with Crippen molar-refractivity contribution in [3.8, 4) is 0 Å². The summed E-state index contributed by atoms with van der Waals surface area (Å²) in [5.41, 5.74) is -2.43. The zero-order valence-corrected chi connectivity index (χ0v) is 14.7. The number of fused-ring (bicyclic) bond motifs is 1. The van der Waals surface area contributed by atoms with Gasteiger partial charge in [-0.25, -0.2) is 0 Å². The smallest absolute Gasteiger partial charge is 0.321 e. The summed E-state index contributed by atoms with van der Waals surface area (Å²) >= 11 is 1.24. The number of alkyl halides is 6. The van der Waals surface area contributed by atoms with Gasteiger partial charge in [-0.15, -0.1) is 11.3 Å². The molecule has 1 aliphatic carbocycles. The van der Waals surface area contributed by atoms with Crippen LogP contribution in [0.15, 0.2) is 24.3 Å². The van der Waals surface area contributed by atoms with E-state index in [9.17, 15) is 31.1 Å². The molecule has 3 rings (SSSR count). The number of nitrogens with one attached hydrogen (secondary N) is 1. The molecule has 0 bridgehead atoms. The van der Waals surface area contributed by atoms with Crippen LogP contribution in [-0.4, -0.2) is 5.91 Å². The molecule has 0 saturated heterocycles. The van der Waals surface area contributed by atoms with E-state index in [2.05, 4.69) is 5.32 Å². The summed E-state index contributed by atoms with van der Waals surface area (Å²) in [6.07, 6.45) is -5.18. The van der Waals surface area contributed by atoms with Gasteiger partial charge >= 0.3 is 12.4 Å². The van der Waals surface area contributed by atoms with Crippen LogP contribution >= 0.6 is 11.3 Å². The number of carbonyl (C=O) groups excluding carboxylic acids is 1. The minimum atomic E-state index is -4.96. The molecule has 2 aromatic rings. The van der Waals surface area contributed by atoms with E-state index in [1.807, 2.05) is 0 Å². The predicted octanol–water partition coefficient (Wildman–Crippen LogP) is 6.31. The number of benzene rings is 1. The fourth-order valence-corrected chi connectivity index (χ4v) is 4.15. The van der Waals surface area contributed by atoms with Crippen molar-refractivity contribution >= 4 is 22.9 Å². The van der Waals surface area contributed by atoms with Crippen LogP contribution in [0.25, 0.3) is 0 Å². The van der Waals surface area contributed by atoms with Gasteiger partial charge < -0.3 is 5.32 Å². The lowest BCUT2D eigenvalue weighted by atomic mass is 10.1. The highest BCUT2D eigenvalue weighted by Gasteiger charge is 2.37. The van der Waals surface area contributed by atoms with Gasteiger partial charge in [0, 0.05) is 10.6 Å². The van der Waals surface area contributed by atoms with Gasteiger partial charge in [0.25, 0.3) is 5.91 Å². The molecule has 1 aromatic carbocycles. The van der Waals surface area contributed by atoms with Crippen molar-refractivity contribution in [2.24, 2.45) is 0 Å². The summed E-state index contributed by atoms with van der Waals surface area (Å²) in [4.78, 5) is 13.7. The lowest BCUT2D eigenvalue weighted by Crippen LogP contribution is -2.15. The van der Waals surface area contributed by atoms with Gasteiger partial charge in [0.15, 0.2) is 0 Å². The quantitative estimate of drug-likeness (QED) is 0.459. The van der Waals surface area contributed by atoms with E-state index < -0.39 is 35.1 Å². The molecule has 0 saturated carbocycles. The van der Waals surface area contributed by atoms with E-state index in [0.29, 0.717) is 12.1 Å². The highest BCUT2D eigenvalue weighted by atomic mass is 32.1. The topological polar surface area (TPSA) is 29.1 Å². The molecule has 1 aliphatic rings. The Labute approximate surface area is 155 Å². The lowest BCUT2D eigenvalue weighted by Gasteiger charge is -2.14. The third-order valence-corrected chi connectivity index (χ3v) is 5.55. The summed E-state index contributed by atoms with van der Waals surface area (Å²) in [5, 5.41) is 2.18. The van der Waals surface area contributed by atoms with Crippen LogP contribution in [0.4, 0.5) is 32.0 Å². The number of thiophene rings is 1. The molecule has 2 nitrogen and oxygen atoms in total. The lowest BCUT2D eigenvalue weighted by molar-refractivity contribution is -0.143. The Morgan fingerprint density at radius 1 is 0.852 bits per heavy atom. The van der Waals surface area contributed by atoms with Crippen LogP contribution < -0.4 is 5.32 Å². The number of halogens is 6. The normalized spacial score (nSPS) is 15.2. The predicted molar refractivity (Wildman–Crippen MR) is 90.0 cm³/mol. The number of amides is 1. The first-order valence-corrected chi connectivity index (χ1v) is 9.08. The van der Waals surface area contributed by atoms with Crippen LogP contribution in [0.3, 0.4) is 0 Å². The second-order valence-corrected chi connectivity index (χ2v) is 7.51. The Morgan fingerprint density at radius 2 is 1.44 bits per heavy atom. The van der Waals surface area contributed by atoms with Crippen molar-refractivity contribution in [1.82, 2.24) is 0 Å². The molecule has 1 aromatic heterocycles. The Bertz CT molecular complexity index is 797. The number of hydrogen-bond acceptors (Lipinski definition) is 2. The first kappa shape index (κ1) is 19.7. The Hall–Kier alpha value is -2.03. The van der Waals surface area contributed by atoms with Crippen molar-refractivity contribution in [3.05, 3.63) is 50.7 Å². The van der Waals surface area contributed by atoms with Gasteiger partial charge in [0.05, 0.1) is 16.0 Å². The van der Waals surface area contributed by atoms with Gasteiger partial charge in [0.1, 0.15) is 0 Å². The third-order valence-electron chi connectivity index (χ3n) is 4.32. The van der Waals surface area contributed by atoms with Crippen LogP contribution in [0, 0.1) is 0 Å². The fraction of sp³-hybridized carbons (Fsp3) is 0.389. The highest BCUT2D eigenvalue weighted by Crippen LogP contribution is 2.38. The Morgan fingerprint density at radius 3 is 2.04 bits per heavy atom. The third kappa shape index (κ3) is 4.63. The maximum absolute atomic E-state index is 12.9. The number of anilines is 1. The summed E-state index contributed by atoms with van der Waals surface area (Å²) in [5.74, 6) is -0.708. The molecule has 9 heteroatoms. The maximum atomic E-state index is 12.9. The molecule has 0 unspecified atom stereocenters. The zero-order valence-electron chi connectivity index (χ0n) is 13.9. The average molecular weight is 407 g/mol. The standard InChI is InChI=1S/C18H15F6NOS/c19-17(20,21)11-7-12(18(22,23)24)9-13(8-11)25-16(26)15-6-10-4-2-1-3-5-14(10)27-15/h6-9H,1-5H2,(H,25,26). The second-order valence-electron chi connectivity index (χ2n) is 6.37. The molecule has 146 valence electrons. The first-order valence-electron chi connectivity index (χ1n) is 8.26. The van der Waals surface area contributed by atoms with Gasteiger partial charge in [0.2, 0.25) is 0 Å². The number of aryl methyl sites for hydroxylation is 2. The monoisotopic (exact) mass is 407 g/mol. The van der Waals surface area contributed by atoms with Gasteiger partial charge in [-0.1, -0.05) is 6.42 Å². The van der Waals surface area contributed by atoms with Crippen LogP contribution in [0.5, 0.6) is 0 Å². The molecule has 0 radical (unpaired) electrons. The van der Waals surface area contributed by atoms with E-state index >= 15 is 0 Å². The summed E-state index contributed by atoms with van der Waals surface area (Å²) < 4.78 is 77.5. The van der Waals surface area contributed by atoms with Crippen molar-refractivity contribution in [1.29, 1.82) is 0 Å². The van der Waals surface area contributed by atoms with Gasteiger partial charge in [-0.3, -0.25) is 4.79 Å². The molecular formula is C18H15F6NOS. The largest absolute Gasteiger partial charge is 0.416 e. The van der Waals surface area contributed by atoms with Crippen LogP contribution in [-0.2, 0) is 25.2 Å². The highest BCUT2D eigenvalue weighted by molar-refractivity contribution is 7.14. The van der Waals surface area contributed by atoms with E-state index in [0.717, 1.165) is 42.5 Å². The minimum absolute atomic E-state index is 0.0308. The average Bonchev–Trinajstić information content (AvgIpc) is 2.84. The van der Waals surface area contributed by atoms with E-state index in [1.165, 1.54) is 11.3 Å². The summed E-state index contributed by atoms with van der Waals surface area (Å²) in [6, 6.07) is 2.72. The van der Waals surface area contributed by atoms with Crippen molar-refractivity contribution in [3.63, 3.8) is 0 Å². The molecular weight excluding hydrogens is 392 g/mol. The Kier molecular flexibility index (Phi) is 5.24. The summed E-state index contributed by atoms with van der Waals surface area (Å²) in [6.45, 7) is 0. The zero-order chi connectivity index (χ0) is 19.8. The van der Waals surface area contributed by atoms with Crippen LogP contribution in [0.2, 0.25) is 0 Å². The van der Waals surface area contributed by atoms with Crippen molar-refractivity contribution in [2.75, 3.05) is 5.32 Å².